The van der Waals surface area contributed by atoms with Gasteiger partial charge in [0.1, 0.15) is 40.8 Å². The highest BCUT2D eigenvalue weighted by molar-refractivity contribution is 6.01. The van der Waals surface area contributed by atoms with Crippen molar-refractivity contribution in [3.05, 3.63) is 83.4 Å². The smallest absolute Gasteiger partial charge is 0.254 e. The first-order chi connectivity index (χ1) is 19.3. The number of imidazole rings is 1. The second kappa shape index (κ2) is 11.3. The van der Waals surface area contributed by atoms with Crippen LogP contribution < -0.4 is 11.1 Å². The molecule has 0 bridgehead atoms. The van der Waals surface area contributed by atoms with Gasteiger partial charge in [0.15, 0.2) is 5.84 Å². The summed E-state index contributed by atoms with van der Waals surface area (Å²) < 4.78 is 50.6. The molecule has 1 aliphatic rings. The number of methoxy groups -OCH3 is 1. The van der Waals surface area contributed by atoms with Gasteiger partial charge in [-0.2, -0.15) is 0 Å². The number of pyridine rings is 1. The van der Waals surface area contributed by atoms with Crippen LogP contribution in [-0.4, -0.2) is 51.9 Å². The maximum Gasteiger partial charge on any atom is 0.254 e. The van der Waals surface area contributed by atoms with Crippen molar-refractivity contribution in [1.82, 2.24) is 19.9 Å². The van der Waals surface area contributed by atoms with Gasteiger partial charge in [-0.05, 0) is 55.7 Å². The van der Waals surface area contributed by atoms with Crippen LogP contribution in [-0.2, 0) is 4.74 Å². The quantitative estimate of drug-likeness (QED) is 0.233. The number of benzene rings is 2. The van der Waals surface area contributed by atoms with Crippen molar-refractivity contribution in [2.75, 3.05) is 7.11 Å². The summed E-state index contributed by atoms with van der Waals surface area (Å²) in [5, 5.41) is 10.0. The number of rotatable bonds is 7. The number of hydrogen-bond acceptors (Lipinski definition) is 5. The van der Waals surface area contributed by atoms with Gasteiger partial charge in [0.05, 0.1) is 28.9 Å². The first-order valence-electron chi connectivity index (χ1n) is 12.5. The van der Waals surface area contributed by atoms with E-state index >= 15 is 4.39 Å². The average Bonchev–Trinajstić information content (AvgIpc) is 3.33. The van der Waals surface area contributed by atoms with Crippen molar-refractivity contribution in [3.63, 3.8) is 0 Å². The number of amides is 1. The van der Waals surface area contributed by atoms with E-state index in [1.54, 1.807) is 31.4 Å². The molecule has 5 rings (SSSR count). The first-order valence-corrected chi connectivity index (χ1v) is 12.5. The zero-order valence-electron chi connectivity index (χ0n) is 21.4. The number of aromatic nitrogens is 3. The summed E-state index contributed by atoms with van der Waals surface area (Å²) >= 11 is 0. The van der Waals surface area contributed by atoms with Crippen LogP contribution in [0.25, 0.3) is 22.4 Å². The van der Waals surface area contributed by atoms with Gasteiger partial charge in [-0.3, -0.25) is 15.2 Å². The number of amidine groups is 1. The van der Waals surface area contributed by atoms with Crippen LogP contribution in [0.2, 0.25) is 0 Å². The van der Waals surface area contributed by atoms with E-state index in [1.165, 1.54) is 12.3 Å². The lowest BCUT2D eigenvalue weighted by Gasteiger charge is -2.36. The molecule has 1 saturated carbocycles. The molecule has 0 radical (unpaired) electrons. The maximum absolute atomic E-state index is 15.0. The Morgan fingerprint density at radius 1 is 1.15 bits per heavy atom. The predicted octanol–water partition coefficient (Wildman–Crippen LogP) is 4.37. The average molecular weight is 550 g/mol. The number of nitrogens with one attached hydrogen (secondary N) is 2. The number of nitrogens with two attached hydrogens (primary N) is 1. The van der Waals surface area contributed by atoms with Crippen molar-refractivity contribution in [2.45, 2.75) is 37.5 Å². The highest BCUT2D eigenvalue weighted by Crippen LogP contribution is 2.38. The Balaban J connectivity index is 1.59. The van der Waals surface area contributed by atoms with Crippen LogP contribution in [0.5, 0.6) is 0 Å². The number of carbonyl (C=O) groups is 1. The second-order valence-corrected chi connectivity index (χ2v) is 9.50. The van der Waals surface area contributed by atoms with Gasteiger partial charge in [0, 0.05) is 19.2 Å². The fraction of sp³-hybridized carbons (Fsp3) is 0.250. The highest BCUT2D eigenvalue weighted by Gasteiger charge is 2.34. The minimum absolute atomic E-state index is 0.0257. The van der Waals surface area contributed by atoms with E-state index in [4.69, 9.17) is 15.9 Å². The largest absolute Gasteiger partial charge is 0.382 e. The fourth-order valence-corrected chi connectivity index (χ4v) is 5.17. The lowest BCUT2D eigenvalue weighted by molar-refractivity contribution is 0.0397. The number of fused-ring (bicyclic) bond motifs is 1. The van der Waals surface area contributed by atoms with E-state index in [0.29, 0.717) is 41.8 Å². The van der Waals surface area contributed by atoms with Crippen LogP contribution >= 0.6 is 0 Å². The lowest BCUT2D eigenvalue weighted by atomic mass is 9.87. The molecule has 0 saturated heterocycles. The van der Waals surface area contributed by atoms with Crippen molar-refractivity contribution in [3.8, 4) is 11.4 Å². The van der Waals surface area contributed by atoms with Gasteiger partial charge in [-0.25, -0.2) is 23.1 Å². The Morgan fingerprint density at radius 2 is 1.95 bits per heavy atom. The highest BCUT2D eigenvalue weighted by atomic mass is 19.1. The lowest BCUT2D eigenvalue weighted by Crippen LogP contribution is -2.43. The van der Waals surface area contributed by atoms with Gasteiger partial charge in [0.25, 0.3) is 5.91 Å². The summed E-state index contributed by atoms with van der Waals surface area (Å²) in [4.78, 5) is 25.7. The third-order valence-electron chi connectivity index (χ3n) is 7.00. The number of carbonyl (C=O) groups excluding carboxylic acids is 1. The van der Waals surface area contributed by atoms with Crippen molar-refractivity contribution < 1.29 is 22.7 Å². The Labute approximate surface area is 227 Å². The molecular weight excluding hydrogens is 523 g/mol. The van der Waals surface area contributed by atoms with Crippen molar-refractivity contribution in [1.29, 1.82) is 5.41 Å². The number of nitrogens with zero attached hydrogens (tertiary/aromatic N) is 4. The summed E-state index contributed by atoms with van der Waals surface area (Å²) in [7, 11) is 1.55. The molecule has 2 heterocycles. The van der Waals surface area contributed by atoms with Crippen LogP contribution in [0.3, 0.4) is 0 Å². The van der Waals surface area contributed by atoms with Crippen molar-refractivity contribution >= 4 is 29.1 Å². The summed E-state index contributed by atoms with van der Waals surface area (Å²) in [6.45, 7) is 0. The summed E-state index contributed by atoms with van der Waals surface area (Å²) in [6.07, 6.45) is 3.31. The molecule has 12 heteroatoms. The van der Waals surface area contributed by atoms with E-state index in [2.05, 4.69) is 20.3 Å². The molecule has 40 heavy (non-hydrogen) atoms. The van der Waals surface area contributed by atoms with Gasteiger partial charge in [-0.1, -0.05) is 12.1 Å². The number of hydrogen-bond donors (Lipinski definition) is 3. The molecule has 3 atom stereocenters. The van der Waals surface area contributed by atoms with Crippen LogP contribution in [0.15, 0.2) is 59.7 Å². The van der Waals surface area contributed by atoms with E-state index in [1.807, 2.05) is 4.57 Å². The predicted molar refractivity (Wildman–Crippen MR) is 144 cm³/mol. The molecule has 1 fully saturated rings. The number of ether oxygens (including phenoxy) is 1. The van der Waals surface area contributed by atoms with E-state index in [9.17, 15) is 13.6 Å². The molecule has 1 aliphatic carbocycles. The van der Waals surface area contributed by atoms with Gasteiger partial charge >= 0.3 is 0 Å². The Morgan fingerprint density at radius 3 is 2.70 bits per heavy atom. The molecule has 4 aromatic rings. The second-order valence-electron chi connectivity index (χ2n) is 9.50. The molecule has 0 spiro atoms. The van der Waals surface area contributed by atoms with Gasteiger partial charge in [0.2, 0.25) is 0 Å². The molecule has 0 aliphatic heterocycles. The Kier molecular flexibility index (Phi) is 7.60. The topological polar surface area (TPSA) is 131 Å². The molecule has 4 N–H and O–H groups in total. The molecule has 1 amide bonds. The Bertz CT molecular complexity index is 1620. The zero-order chi connectivity index (χ0) is 28.4. The molecule has 2 aromatic carbocycles. The normalized spacial score (nSPS) is 19.5. The monoisotopic (exact) mass is 549 g/mol. The van der Waals surface area contributed by atoms with E-state index < -0.39 is 35.0 Å². The SMILES string of the molecule is COC1CC(NC(=O)c2cc(F)ccc2F)CC(n2c(-c3ccccc3F)nc3cnc(C(N)=NC=N)cc32)C1. The molecule has 3 unspecified atom stereocenters. The van der Waals surface area contributed by atoms with Crippen LogP contribution in [0.1, 0.15) is 41.4 Å². The van der Waals surface area contributed by atoms with E-state index in [-0.39, 0.29) is 23.5 Å². The molecule has 9 nitrogen and oxygen atoms in total. The minimum Gasteiger partial charge on any atom is -0.382 e. The molecule has 2 aromatic heterocycles. The fourth-order valence-electron chi connectivity index (χ4n) is 5.17. The van der Waals surface area contributed by atoms with Crippen LogP contribution in [0, 0.1) is 22.9 Å². The molecular formula is C28H26F3N7O2. The van der Waals surface area contributed by atoms with Gasteiger partial charge < -0.3 is 20.4 Å². The number of halogens is 3. The van der Waals surface area contributed by atoms with E-state index in [0.717, 1.165) is 24.5 Å². The Hall–Kier alpha value is -4.58. The maximum atomic E-state index is 15.0. The number of aliphatic imine (C=N–C) groups is 1. The van der Waals surface area contributed by atoms with Gasteiger partial charge in [-0.15, -0.1) is 0 Å². The zero-order valence-corrected chi connectivity index (χ0v) is 21.4. The minimum atomic E-state index is -0.832. The molecule has 206 valence electrons. The third kappa shape index (κ3) is 5.30. The standard InChI is InChI=1S/C28H26F3N7O2/c1-40-18-10-16(36-28(39)20-8-15(29)6-7-22(20)31)9-17(11-18)38-25-12-23(26(33)35-14-32)34-13-24(25)37-27(38)19-4-2-3-5-21(19)30/h2-8,12-14,16-18H,9-11H2,1H3,(H,36,39)(H3,32,33,35). The third-order valence-corrected chi connectivity index (χ3v) is 7.00. The van der Waals surface area contributed by atoms with Crippen LogP contribution in [0.4, 0.5) is 13.2 Å². The summed E-state index contributed by atoms with van der Waals surface area (Å²) in [5.74, 6) is -2.40. The summed E-state index contributed by atoms with van der Waals surface area (Å²) in [6, 6.07) is 9.79. The summed E-state index contributed by atoms with van der Waals surface area (Å²) in [5.41, 5.74) is 7.24. The first kappa shape index (κ1) is 27.0. The van der Waals surface area contributed by atoms with Crippen molar-refractivity contribution in [2.24, 2.45) is 10.7 Å².